The standard InChI is InChI=1S/C13H10BrF2NO/c14-13-8(2-1-3-11(13)17)7-18-12-6-9(15)4-5-10(12)16/h1-6H,7,17H2. The number of nitrogen functional groups attached to an aromatic ring is 1. The molecule has 0 atom stereocenters. The summed E-state index contributed by atoms with van der Waals surface area (Å²) in [5.74, 6) is -1.27. The predicted molar refractivity (Wildman–Crippen MR) is 69.2 cm³/mol. The van der Waals surface area contributed by atoms with Crippen molar-refractivity contribution in [1.82, 2.24) is 0 Å². The average Bonchev–Trinajstić information content (AvgIpc) is 2.35. The van der Waals surface area contributed by atoms with Gasteiger partial charge in [0.15, 0.2) is 11.6 Å². The number of benzene rings is 2. The van der Waals surface area contributed by atoms with Crippen LogP contribution in [0.4, 0.5) is 14.5 Å². The van der Waals surface area contributed by atoms with Gasteiger partial charge in [-0.3, -0.25) is 0 Å². The van der Waals surface area contributed by atoms with Gasteiger partial charge in [0, 0.05) is 21.8 Å². The highest BCUT2D eigenvalue weighted by Crippen LogP contribution is 2.26. The van der Waals surface area contributed by atoms with Crippen molar-refractivity contribution in [2.24, 2.45) is 0 Å². The molecule has 2 aromatic carbocycles. The first-order chi connectivity index (χ1) is 8.58. The Labute approximate surface area is 112 Å². The van der Waals surface area contributed by atoms with E-state index in [0.29, 0.717) is 10.2 Å². The number of halogens is 3. The molecular weight excluding hydrogens is 304 g/mol. The second kappa shape index (κ2) is 5.35. The first-order valence-electron chi connectivity index (χ1n) is 5.18. The summed E-state index contributed by atoms with van der Waals surface area (Å²) < 4.78 is 32.2. The lowest BCUT2D eigenvalue weighted by molar-refractivity contribution is 0.288. The summed E-state index contributed by atoms with van der Waals surface area (Å²) in [5, 5.41) is 0. The number of hydrogen-bond donors (Lipinski definition) is 1. The highest BCUT2D eigenvalue weighted by molar-refractivity contribution is 9.10. The molecule has 2 aromatic rings. The zero-order valence-corrected chi connectivity index (χ0v) is 10.9. The Balaban J connectivity index is 2.16. The fourth-order valence-corrected chi connectivity index (χ4v) is 1.83. The van der Waals surface area contributed by atoms with Gasteiger partial charge in [0.25, 0.3) is 0 Å². The molecule has 0 aliphatic rings. The van der Waals surface area contributed by atoms with Gasteiger partial charge in [-0.1, -0.05) is 12.1 Å². The molecular formula is C13H10BrF2NO. The van der Waals surface area contributed by atoms with Crippen molar-refractivity contribution in [2.75, 3.05) is 5.73 Å². The molecule has 0 radical (unpaired) electrons. The van der Waals surface area contributed by atoms with Crippen LogP contribution in [0.3, 0.4) is 0 Å². The molecule has 0 bridgehead atoms. The van der Waals surface area contributed by atoms with E-state index in [1.54, 1.807) is 18.2 Å². The fraction of sp³-hybridized carbons (Fsp3) is 0.0769. The van der Waals surface area contributed by atoms with Crippen molar-refractivity contribution in [3.63, 3.8) is 0 Å². The quantitative estimate of drug-likeness (QED) is 0.873. The van der Waals surface area contributed by atoms with Gasteiger partial charge in [-0.2, -0.15) is 0 Å². The summed E-state index contributed by atoms with van der Waals surface area (Å²) in [6, 6.07) is 8.36. The third-order valence-corrected chi connectivity index (χ3v) is 3.35. The Bertz CT molecular complexity index is 573. The molecule has 18 heavy (non-hydrogen) atoms. The number of nitrogens with two attached hydrogens (primary N) is 1. The molecule has 2 rings (SSSR count). The van der Waals surface area contributed by atoms with Crippen LogP contribution >= 0.6 is 15.9 Å². The second-order valence-corrected chi connectivity index (χ2v) is 4.48. The number of rotatable bonds is 3. The maximum Gasteiger partial charge on any atom is 0.165 e. The van der Waals surface area contributed by atoms with E-state index in [1.165, 1.54) is 0 Å². The second-order valence-electron chi connectivity index (χ2n) is 3.68. The minimum atomic E-state index is -0.601. The Hall–Kier alpha value is -1.62. The van der Waals surface area contributed by atoms with Gasteiger partial charge < -0.3 is 10.5 Å². The summed E-state index contributed by atoms with van der Waals surface area (Å²) in [7, 11) is 0. The maximum absolute atomic E-state index is 13.3. The van der Waals surface area contributed by atoms with Gasteiger partial charge >= 0.3 is 0 Å². The van der Waals surface area contributed by atoms with Crippen LogP contribution in [-0.2, 0) is 6.61 Å². The van der Waals surface area contributed by atoms with Crippen LogP contribution in [0.5, 0.6) is 5.75 Å². The Kier molecular flexibility index (Phi) is 3.81. The van der Waals surface area contributed by atoms with E-state index in [1.807, 2.05) is 0 Å². The van der Waals surface area contributed by atoms with Crippen molar-refractivity contribution < 1.29 is 13.5 Å². The normalized spacial score (nSPS) is 10.4. The molecule has 0 amide bonds. The minimum absolute atomic E-state index is 0.103. The van der Waals surface area contributed by atoms with Crippen LogP contribution in [0.25, 0.3) is 0 Å². The molecule has 2 nitrogen and oxygen atoms in total. The largest absolute Gasteiger partial charge is 0.486 e. The van der Waals surface area contributed by atoms with Crippen molar-refractivity contribution in [3.05, 3.63) is 58.1 Å². The van der Waals surface area contributed by atoms with Gasteiger partial charge in [-0.25, -0.2) is 8.78 Å². The molecule has 0 heterocycles. The number of ether oxygens (including phenoxy) is 1. The van der Waals surface area contributed by atoms with Gasteiger partial charge in [0.1, 0.15) is 12.4 Å². The van der Waals surface area contributed by atoms with Crippen LogP contribution in [0, 0.1) is 11.6 Å². The molecule has 0 spiro atoms. The molecule has 0 saturated carbocycles. The van der Waals surface area contributed by atoms with Crippen LogP contribution in [0.2, 0.25) is 0 Å². The van der Waals surface area contributed by atoms with Crippen molar-refractivity contribution >= 4 is 21.6 Å². The van der Waals surface area contributed by atoms with Gasteiger partial charge in [-0.15, -0.1) is 0 Å². The Morgan fingerprint density at radius 1 is 1.17 bits per heavy atom. The van der Waals surface area contributed by atoms with Crippen molar-refractivity contribution in [1.29, 1.82) is 0 Å². The van der Waals surface area contributed by atoms with E-state index in [0.717, 1.165) is 23.8 Å². The summed E-state index contributed by atoms with van der Waals surface area (Å²) in [5.41, 5.74) is 7.04. The summed E-state index contributed by atoms with van der Waals surface area (Å²) >= 11 is 3.31. The van der Waals surface area contributed by atoms with Crippen LogP contribution in [-0.4, -0.2) is 0 Å². The zero-order chi connectivity index (χ0) is 13.1. The van der Waals surface area contributed by atoms with Crippen LogP contribution in [0.1, 0.15) is 5.56 Å². The lowest BCUT2D eigenvalue weighted by Crippen LogP contribution is -2.00. The van der Waals surface area contributed by atoms with Crippen LogP contribution < -0.4 is 10.5 Å². The molecule has 0 aromatic heterocycles. The van der Waals surface area contributed by atoms with Crippen molar-refractivity contribution in [3.8, 4) is 5.75 Å². The lowest BCUT2D eigenvalue weighted by atomic mass is 10.2. The van der Waals surface area contributed by atoms with E-state index < -0.39 is 11.6 Å². The highest BCUT2D eigenvalue weighted by Gasteiger charge is 2.08. The number of anilines is 1. The van der Waals surface area contributed by atoms with E-state index in [4.69, 9.17) is 10.5 Å². The third kappa shape index (κ3) is 2.79. The highest BCUT2D eigenvalue weighted by atomic mass is 79.9. The molecule has 0 saturated heterocycles. The van der Waals surface area contributed by atoms with Crippen molar-refractivity contribution in [2.45, 2.75) is 6.61 Å². The zero-order valence-electron chi connectivity index (χ0n) is 9.29. The summed E-state index contributed by atoms with van der Waals surface area (Å²) in [6.07, 6.45) is 0. The fourth-order valence-electron chi connectivity index (χ4n) is 1.45. The van der Waals surface area contributed by atoms with Gasteiger partial charge in [0.05, 0.1) is 0 Å². The Morgan fingerprint density at radius 3 is 2.72 bits per heavy atom. The van der Waals surface area contributed by atoms with E-state index in [2.05, 4.69) is 15.9 Å². The molecule has 94 valence electrons. The first-order valence-corrected chi connectivity index (χ1v) is 5.98. The molecule has 0 aliphatic carbocycles. The minimum Gasteiger partial charge on any atom is -0.486 e. The van der Waals surface area contributed by atoms with Gasteiger partial charge in [-0.05, 0) is 34.1 Å². The predicted octanol–water partition coefficient (Wildman–Crippen LogP) is 3.89. The number of hydrogen-bond acceptors (Lipinski definition) is 2. The van der Waals surface area contributed by atoms with E-state index >= 15 is 0 Å². The third-order valence-electron chi connectivity index (χ3n) is 2.38. The topological polar surface area (TPSA) is 35.2 Å². The summed E-state index contributed by atoms with van der Waals surface area (Å²) in [6.45, 7) is 0.103. The monoisotopic (exact) mass is 313 g/mol. The summed E-state index contributed by atoms with van der Waals surface area (Å²) in [4.78, 5) is 0. The molecule has 5 heteroatoms. The molecule has 0 fully saturated rings. The Morgan fingerprint density at radius 2 is 1.94 bits per heavy atom. The lowest BCUT2D eigenvalue weighted by Gasteiger charge is -2.10. The van der Waals surface area contributed by atoms with Crippen LogP contribution in [0.15, 0.2) is 40.9 Å². The van der Waals surface area contributed by atoms with Gasteiger partial charge in [0.2, 0.25) is 0 Å². The van der Waals surface area contributed by atoms with E-state index in [9.17, 15) is 8.78 Å². The first kappa shape index (κ1) is 12.8. The maximum atomic E-state index is 13.3. The molecule has 2 N–H and O–H groups in total. The van der Waals surface area contributed by atoms with E-state index in [-0.39, 0.29) is 12.4 Å². The smallest absolute Gasteiger partial charge is 0.165 e. The molecule has 0 aliphatic heterocycles. The SMILES string of the molecule is Nc1cccc(COc2cc(F)ccc2F)c1Br. The average molecular weight is 314 g/mol. The molecule has 0 unspecified atom stereocenters.